The third kappa shape index (κ3) is 4.66. The zero-order chi connectivity index (χ0) is 17.6. The average Bonchev–Trinajstić information content (AvgIpc) is 3.02. The summed E-state index contributed by atoms with van der Waals surface area (Å²) in [5.41, 5.74) is 0.697. The number of ether oxygens (including phenoxy) is 1. The van der Waals surface area contributed by atoms with Crippen molar-refractivity contribution >= 4 is 17.4 Å². The number of anilines is 1. The van der Waals surface area contributed by atoms with Gasteiger partial charge in [0.05, 0.1) is 13.2 Å². The number of fused-ring (bicyclic) bond motifs is 1. The van der Waals surface area contributed by atoms with Gasteiger partial charge in [-0.15, -0.1) is 15.3 Å². The van der Waals surface area contributed by atoms with E-state index in [1.165, 1.54) is 0 Å². The fourth-order valence-corrected chi connectivity index (χ4v) is 2.76. The molecule has 3 heterocycles. The van der Waals surface area contributed by atoms with Crippen molar-refractivity contribution in [3.05, 3.63) is 18.0 Å². The third-order valence-corrected chi connectivity index (χ3v) is 4.28. The summed E-state index contributed by atoms with van der Waals surface area (Å²) in [5, 5.41) is 16.2. The second kappa shape index (κ2) is 8.24. The number of carbonyl (C=O) groups excluding carboxylic acids is 1. The maximum atomic E-state index is 12.3. The molecule has 8 nitrogen and oxygen atoms in total. The van der Waals surface area contributed by atoms with Crippen LogP contribution in [0.4, 0.5) is 5.82 Å². The van der Waals surface area contributed by atoms with Crippen molar-refractivity contribution in [2.75, 3.05) is 38.2 Å². The molecule has 0 radical (unpaired) electrons. The van der Waals surface area contributed by atoms with E-state index < -0.39 is 0 Å². The van der Waals surface area contributed by atoms with E-state index in [4.69, 9.17) is 4.74 Å². The van der Waals surface area contributed by atoms with E-state index in [-0.39, 0.29) is 5.91 Å². The van der Waals surface area contributed by atoms with E-state index >= 15 is 0 Å². The number of hydrogen-bond donors (Lipinski definition) is 1. The monoisotopic (exact) mass is 346 g/mol. The summed E-state index contributed by atoms with van der Waals surface area (Å²) in [7, 11) is 0. The molecule has 0 atom stereocenters. The van der Waals surface area contributed by atoms with Crippen LogP contribution in [0.25, 0.3) is 5.65 Å². The van der Waals surface area contributed by atoms with E-state index in [1.54, 1.807) is 4.52 Å². The van der Waals surface area contributed by atoms with Crippen LogP contribution in [0.1, 0.15) is 32.5 Å². The quantitative estimate of drug-likeness (QED) is 0.815. The Bertz CT molecular complexity index is 708. The molecule has 1 saturated heterocycles. The molecule has 8 heteroatoms. The maximum absolute atomic E-state index is 12.3. The van der Waals surface area contributed by atoms with Gasteiger partial charge in [0.1, 0.15) is 5.82 Å². The van der Waals surface area contributed by atoms with Gasteiger partial charge in [-0.2, -0.15) is 4.52 Å². The lowest BCUT2D eigenvalue weighted by Gasteiger charge is -2.26. The first kappa shape index (κ1) is 17.6. The molecule has 0 saturated carbocycles. The van der Waals surface area contributed by atoms with Crippen LogP contribution < -0.4 is 5.32 Å². The number of amides is 1. The van der Waals surface area contributed by atoms with Crippen LogP contribution in [-0.4, -0.2) is 63.5 Å². The first-order valence-electron chi connectivity index (χ1n) is 8.94. The molecule has 1 fully saturated rings. The molecule has 0 bridgehead atoms. The summed E-state index contributed by atoms with van der Waals surface area (Å²) < 4.78 is 7.01. The predicted molar refractivity (Wildman–Crippen MR) is 94.4 cm³/mol. The van der Waals surface area contributed by atoms with Gasteiger partial charge in [0.25, 0.3) is 0 Å². The Balaban J connectivity index is 1.61. The van der Waals surface area contributed by atoms with Crippen LogP contribution in [0, 0.1) is 5.92 Å². The molecule has 1 N–H and O–H groups in total. The van der Waals surface area contributed by atoms with Crippen molar-refractivity contribution in [3.8, 4) is 0 Å². The number of carbonyl (C=O) groups is 1. The number of aryl methyl sites for hydroxylation is 1. The summed E-state index contributed by atoms with van der Waals surface area (Å²) in [4.78, 5) is 14.1. The summed E-state index contributed by atoms with van der Waals surface area (Å²) in [6, 6.07) is 3.80. The number of aromatic nitrogens is 4. The first-order valence-corrected chi connectivity index (χ1v) is 8.94. The van der Waals surface area contributed by atoms with E-state index in [0.29, 0.717) is 56.5 Å². The minimum Gasteiger partial charge on any atom is -0.378 e. The van der Waals surface area contributed by atoms with Crippen LogP contribution in [0.2, 0.25) is 0 Å². The Hall–Kier alpha value is -2.22. The molecule has 0 aromatic carbocycles. The lowest BCUT2D eigenvalue weighted by molar-refractivity contribution is -0.135. The Labute approximate surface area is 147 Å². The first-order chi connectivity index (χ1) is 12.1. The molecule has 1 amide bonds. The van der Waals surface area contributed by atoms with Gasteiger partial charge in [0.2, 0.25) is 5.91 Å². The smallest absolute Gasteiger partial charge is 0.223 e. The van der Waals surface area contributed by atoms with Crippen molar-refractivity contribution in [2.24, 2.45) is 5.92 Å². The topological polar surface area (TPSA) is 84.7 Å². The second-order valence-corrected chi connectivity index (χ2v) is 6.71. The fourth-order valence-electron chi connectivity index (χ4n) is 2.76. The van der Waals surface area contributed by atoms with Gasteiger partial charge >= 0.3 is 0 Å². The molecule has 25 heavy (non-hydrogen) atoms. The summed E-state index contributed by atoms with van der Waals surface area (Å²) >= 11 is 0. The van der Waals surface area contributed by atoms with Crippen molar-refractivity contribution < 1.29 is 9.53 Å². The normalized spacial score (nSPS) is 15.1. The van der Waals surface area contributed by atoms with Crippen LogP contribution in [0.15, 0.2) is 12.1 Å². The van der Waals surface area contributed by atoms with E-state index in [9.17, 15) is 4.79 Å². The molecule has 1 aliphatic rings. The van der Waals surface area contributed by atoms with Crippen LogP contribution in [0.5, 0.6) is 0 Å². The van der Waals surface area contributed by atoms with Crippen molar-refractivity contribution in [3.63, 3.8) is 0 Å². The van der Waals surface area contributed by atoms with Crippen molar-refractivity contribution in [2.45, 2.75) is 33.1 Å². The SMILES string of the molecule is CC(C)CCNc1ccc2nnc(CCC(=O)N3CCOCC3)n2n1. The number of morpholine rings is 1. The van der Waals surface area contributed by atoms with Gasteiger partial charge in [-0.3, -0.25) is 4.79 Å². The Morgan fingerprint density at radius 2 is 2.08 bits per heavy atom. The molecule has 0 spiro atoms. The summed E-state index contributed by atoms with van der Waals surface area (Å²) in [5.74, 6) is 2.29. The molecular formula is C17H26N6O2. The summed E-state index contributed by atoms with van der Waals surface area (Å²) in [6.45, 7) is 7.84. The second-order valence-electron chi connectivity index (χ2n) is 6.71. The largest absolute Gasteiger partial charge is 0.378 e. The van der Waals surface area contributed by atoms with Gasteiger partial charge in [-0.05, 0) is 24.5 Å². The molecular weight excluding hydrogens is 320 g/mol. The Morgan fingerprint density at radius 3 is 2.84 bits per heavy atom. The molecule has 0 aliphatic carbocycles. The molecule has 3 rings (SSSR count). The van der Waals surface area contributed by atoms with Crippen molar-refractivity contribution in [1.82, 2.24) is 24.7 Å². The van der Waals surface area contributed by atoms with Crippen LogP contribution in [0.3, 0.4) is 0 Å². The molecule has 2 aromatic rings. The van der Waals surface area contributed by atoms with Gasteiger partial charge in [-0.1, -0.05) is 13.8 Å². The molecule has 1 aliphatic heterocycles. The lowest BCUT2D eigenvalue weighted by Crippen LogP contribution is -2.40. The minimum absolute atomic E-state index is 0.131. The predicted octanol–water partition coefficient (Wildman–Crippen LogP) is 1.37. The molecule has 136 valence electrons. The minimum atomic E-state index is 0.131. The highest BCUT2D eigenvalue weighted by Crippen LogP contribution is 2.10. The standard InChI is InChI=1S/C17H26N6O2/c1-13(2)7-8-18-14-3-4-15-19-20-16(23(15)21-14)5-6-17(24)22-9-11-25-12-10-22/h3-4,13H,5-12H2,1-2H3,(H,18,21). The van der Waals surface area contributed by atoms with Gasteiger partial charge in [0.15, 0.2) is 11.5 Å². The highest BCUT2D eigenvalue weighted by atomic mass is 16.5. The number of rotatable bonds is 7. The van der Waals surface area contributed by atoms with E-state index in [1.807, 2.05) is 17.0 Å². The van der Waals surface area contributed by atoms with E-state index in [2.05, 4.69) is 34.5 Å². The van der Waals surface area contributed by atoms with Gasteiger partial charge < -0.3 is 15.0 Å². The fraction of sp³-hybridized carbons (Fsp3) is 0.647. The van der Waals surface area contributed by atoms with Crippen LogP contribution >= 0.6 is 0 Å². The maximum Gasteiger partial charge on any atom is 0.223 e. The van der Waals surface area contributed by atoms with Crippen LogP contribution in [-0.2, 0) is 16.0 Å². The zero-order valence-electron chi connectivity index (χ0n) is 14.9. The third-order valence-electron chi connectivity index (χ3n) is 4.28. The average molecular weight is 346 g/mol. The highest BCUT2D eigenvalue weighted by Gasteiger charge is 2.18. The lowest BCUT2D eigenvalue weighted by atomic mass is 10.1. The highest BCUT2D eigenvalue weighted by molar-refractivity contribution is 5.76. The van der Waals surface area contributed by atoms with E-state index in [0.717, 1.165) is 18.8 Å². The number of nitrogens with zero attached hydrogens (tertiary/aromatic N) is 5. The Kier molecular flexibility index (Phi) is 5.80. The van der Waals surface area contributed by atoms with Gasteiger partial charge in [0, 0.05) is 32.5 Å². The summed E-state index contributed by atoms with van der Waals surface area (Å²) in [6.07, 6.45) is 2.02. The number of nitrogens with one attached hydrogen (secondary N) is 1. The molecule has 2 aromatic heterocycles. The Morgan fingerprint density at radius 1 is 1.28 bits per heavy atom. The van der Waals surface area contributed by atoms with Gasteiger partial charge in [-0.25, -0.2) is 0 Å². The van der Waals surface area contributed by atoms with Crippen molar-refractivity contribution in [1.29, 1.82) is 0 Å². The number of hydrogen-bond acceptors (Lipinski definition) is 6. The molecule has 0 unspecified atom stereocenters. The zero-order valence-corrected chi connectivity index (χ0v) is 14.9.